The Balaban J connectivity index is 1.37. The number of likely N-dealkylation sites (tertiary alicyclic amines) is 1. The van der Waals surface area contributed by atoms with E-state index in [1.165, 1.54) is 6.07 Å². The number of urea groups is 1. The number of carbonyl (C=O) groups is 1. The van der Waals surface area contributed by atoms with Crippen LogP contribution in [0.15, 0.2) is 24.3 Å². The molecule has 1 N–H and O–H groups in total. The van der Waals surface area contributed by atoms with E-state index in [0.29, 0.717) is 57.8 Å². The van der Waals surface area contributed by atoms with Crippen LogP contribution in [-0.2, 0) is 4.74 Å². The number of hydrogen-bond acceptors (Lipinski definition) is 3. The largest absolute Gasteiger partial charge is 0.379 e. The van der Waals surface area contributed by atoms with E-state index in [0.717, 1.165) is 0 Å². The molecule has 2 saturated heterocycles. The molecule has 5 nitrogen and oxygen atoms in total. The molecule has 2 amide bonds. The third-order valence-electron chi connectivity index (χ3n) is 6.42. The Bertz CT molecular complexity index is 716. The van der Waals surface area contributed by atoms with Gasteiger partial charge in [0.1, 0.15) is 5.82 Å². The number of carbonyl (C=O) groups excluding carboxylic acids is 1. The summed E-state index contributed by atoms with van der Waals surface area (Å²) < 4.78 is 46.8. The smallest absolute Gasteiger partial charge is 0.317 e. The molecule has 0 aromatic heterocycles. The van der Waals surface area contributed by atoms with Gasteiger partial charge in [-0.05, 0) is 18.9 Å². The minimum atomic E-state index is -2.57. The number of morpholine rings is 1. The molecule has 2 aliphatic heterocycles. The first kappa shape index (κ1) is 19.5. The topological polar surface area (TPSA) is 44.8 Å². The fraction of sp³-hybridized carbons (Fsp3) is 0.650. The van der Waals surface area contributed by atoms with E-state index in [1.54, 1.807) is 23.1 Å². The van der Waals surface area contributed by atoms with Gasteiger partial charge in [0.15, 0.2) is 0 Å². The lowest BCUT2D eigenvalue weighted by Gasteiger charge is -2.36. The Hall–Kier alpha value is -1.80. The second kappa shape index (κ2) is 7.55. The first-order chi connectivity index (χ1) is 13.4. The highest BCUT2D eigenvalue weighted by Gasteiger charge is 2.70. The van der Waals surface area contributed by atoms with Crippen molar-refractivity contribution in [3.8, 4) is 0 Å². The number of hydrogen-bond donors (Lipinski definition) is 1. The van der Waals surface area contributed by atoms with Gasteiger partial charge in [0, 0.05) is 50.1 Å². The predicted molar refractivity (Wildman–Crippen MR) is 97.7 cm³/mol. The third kappa shape index (κ3) is 3.72. The zero-order valence-corrected chi connectivity index (χ0v) is 15.8. The second-order valence-electron chi connectivity index (χ2n) is 8.02. The van der Waals surface area contributed by atoms with E-state index in [9.17, 15) is 18.0 Å². The summed E-state index contributed by atoms with van der Waals surface area (Å²) in [5, 5.41) is 2.89. The number of alkyl halides is 2. The lowest BCUT2D eigenvalue weighted by Crippen LogP contribution is -2.49. The van der Waals surface area contributed by atoms with E-state index in [2.05, 4.69) is 10.2 Å². The number of nitrogens with one attached hydrogen (secondary N) is 1. The van der Waals surface area contributed by atoms with Crippen molar-refractivity contribution in [1.82, 2.24) is 15.1 Å². The van der Waals surface area contributed by atoms with Crippen molar-refractivity contribution in [2.75, 3.05) is 45.9 Å². The fourth-order valence-corrected chi connectivity index (χ4v) is 4.43. The predicted octanol–water partition coefficient (Wildman–Crippen LogP) is 3.03. The van der Waals surface area contributed by atoms with Crippen LogP contribution in [0, 0.1) is 11.2 Å². The van der Waals surface area contributed by atoms with Crippen LogP contribution in [0.25, 0.3) is 0 Å². The lowest BCUT2D eigenvalue weighted by atomic mass is 9.93. The lowest BCUT2D eigenvalue weighted by molar-refractivity contribution is 0.0153. The Morgan fingerprint density at radius 1 is 1.14 bits per heavy atom. The summed E-state index contributed by atoms with van der Waals surface area (Å²) in [6, 6.07) is 6.02. The molecule has 1 unspecified atom stereocenters. The molecular formula is C20H26F3N3O2. The van der Waals surface area contributed by atoms with Crippen molar-refractivity contribution in [3.63, 3.8) is 0 Å². The fourth-order valence-electron chi connectivity index (χ4n) is 4.43. The summed E-state index contributed by atoms with van der Waals surface area (Å²) in [4.78, 5) is 16.3. The Labute approximate surface area is 162 Å². The minimum absolute atomic E-state index is 0.0537. The van der Waals surface area contributed by atoms with Gasteiger partial charge in [-0.1, -0.05) is 18.2 Å². The van der Waals surface area contributed by atoms with Crippen LogP contribution in [0.5, 0.6) is 0 Å². The molecule has 1 saturated carbocycles. The Kier molecular flexibility index (Phi) is 5.26. The van der Waals surface area contributed by atoms with Crippen LogP contribution in [0.3, 0.4) is 0 Å². The molecule has 1 aromatic carbocycles. The number of nitrogens with zero attached hydrogens (tertiary/aromatic N) is 2. The Morgan fingerprint density at radius 3 is 2.39 bits per heavy atom. The van der Waals surface area contributed by atoms with Crippen LogP contribution < -0.4 is 5.32 Å². The number of rotatable bonds is 4. The average Bonchev–Trinajstić information content (AvgIpc) is 3.23. The molecule has 0 radical (unpaired) electrons. The van der Waals surface area contributed by atoms with Gasteiger partial charge in [-0.3, -0.25) is 4.90 Å². The third-order valence-corrected chi connectivity index (χ3v) is 6.42. The van der Waals surface area contributed by atoms with Crippen molar-refractivity contribution >= 4 is 6.03 Å². The number of halogens is 3. The van der Waals surface area contributed by atoms with Crippen LogP contribution in [0.2, 0.25) is 0 Å². The van der Waals surface area contributed by atoms with E-state index in [1.807, 2.05) is 0 Å². The monoisotopic (exact) mass is 397 g/mol. The van der Waals surface area contributed by atoms with Gasteiger partial charge in [-0.15, -0.1) is 0 Å². The standard InChI is InChI=1S/C20H26F3N3O2/c21-16-4-2-1-3-15(16)17(25-9-11-28-12-10-25)13-24-18(27)26-7-5-19(6-8-26)14-20(19,22)23/h1-4,17H,5-14H2,(H,24,27). The highest BCUT2D eigenvalue weighted by Crippen LogP contribution is 2.65. The maximum absolute atomic E-state index is 14.4. The molecule has 8 heteroatoms. The second-order valence-corrected chi connectivity index (χ2v) is 8.02. The maximum atomic E-state index is 14.4. The summed E-state index contributed by atoms with van der Waals surface area (Å²) in [6.07, 6.45) is 0.628. The summed E-state index contributed by atoms with van der Waals surface area (Å²) in [5.74, 6) is -2.87. The molecule has 3 aliphatic rings. The van der Waals surface area contributed by atoms with Crippen LogP contribution in [-0.4, -0.2) is 67.7 Å². The van der Waals surface area contributed by atoms with Gasteiger partial charge in [-0.2, -0.15) is 0 Å². The van der Waals surface area contributed by atoms with E-state index in [-0.39, 0.29) is 30.9 Å². The quantitative estimate of drug-likeness (QED) is 0.850. The van der Waals surface area contributed by atoms with Crippen molar-refractivity contribution in [2.45, 2.75) is 31.2 Å². The first-order valence-corrected chi connectivity index (χ1v) is 9.89. The molecule has 154 valence electrons. The highest BCUT2D eigenvalue weighted by atomic mass is 19.3. The normalized spacial score (nSPS) is 24.8. The SMILES string of the molecule is O=C(NCC(c1ccccc1F)N1CCOCC1)N1CCC2(CC1)CC2(F)F. The van der Waals surface area contributed by atoms with Crippen molar-refractivity contribution in [3.05, 3.63) is 35.6 Å². The summed E-state index contributed by atoms with van der Waals surface area (Å²) in [6.45, 7) is 3.40. The van der Waals surface area contributed by atoms with Gasteiger partial charge in [0.05, 0.1) is 19.3 Å². The van der Waals surface area contributed by atoms with Crippen LogP contribution >= 0.6 is 0 Å². The van der Waals surface area contributed by atoms with Crippen molar-refractivity contribution in [2.24, 2.45) is 5.41 Å². The molecule has 1 atom stereocenters. The molecule has 28 heavy (non-hydrogen) atoms. The zero-order chi connectivity index (χ0) is 19.8. The van der Waals surface area contributed by atoms with E-state index in [4.69, 9.17) is 4.74 Å². The number of ether oxygens (including phenoxy) is 1. The van der Waals surface area contributed by atoms with Gasteiger partial charge in [-0.25, -0.2) is 18.0 Å². The van der Waals surface area contributed by atoms with Gasteiger partial charge < -0.3 is 15.0 Å². The molecule has 1 spiro atoms. The maximum Gasteiger partial charge on any atom is 0.317 e. The van der Waals surface area contributed by atoms with Gasteiger partial charge in [0.2, 0.25) is 0 Å². The van der Waals surface area contributed by atoms with E-state index >= 15 is 0 Å². The van der Waals surface area contributed by atoms with Crippen molar-refractivity contribution in [1.29, 1.82) is 0 Å². The Morgan fingerprint density at radius 2 is 1.79 bits per heavy atom. The number of piperidine rings is 1. The average molecular weight is 397 g/mol. The van der Waals surface area contributed by atoms with Gasteiger partial charge in [0.25, 0.3) is 5.92 Å². The molecule has 1 aliphatic carbocycles. The molecule has 4 rings (SSSR count). The molecule has 1 aromatic rings. The molecule has 3 fully saturated rings. The van der Waals surface area contributed by atoms with Crippen LogP contribution in [0.4, 0.5) is 18.0 Å². The summed E-state index contributed by atoms with van der Waals surface area (Å²) in [7, 11) is 0. The minimum Gasteiger partial charge on any atom is -0.379 e. The molecular weight excluding hydrogens is 371 g/mol. The summed E-state index contributed by atoms with van der Waals surface area (Å²) >= 11 is 0. The first-order valence-electron chi connectivity index (χ1n) is 9.89. The molecule has 2 heterocycles. The number of benzene rings is 1. The van der Waals surface area contributed by atoms with Crippen molar-refractivity contribution < 1.29 is 22.7 Å². The number of amides is 2. The highest BCUT2D eigenvalue weighted by molar-refractivity contribution is 5.74. The van der Waals surface area contributed by atoms with Crippen LogP contribution in [0.1, 0.15) is 30.9 Å². The van der Waals surface area contributed by atoms with Gasteiger partial charge >= 0.3 is 6.03 Å². The van der Waals surface area contributed by atoms with E-state index < -0.39 is 11.3 Å². The molecule has 0 bridgehead atoms. The summed E-state index contributed by atoms with van der Waals surface area (Å²) in [5.41, 5.74) is -0.340. The zero-order valence-electron chi connectivity index (χ0n) is 15.8.